The monoisotopic (exact) mass is 272 g/mol. The predicted octanol–water partition coefficient (Wildman–Crippen LogP) is 4.46. The lowest BCUT2D eigenvalue weighted by atomic mass is 9.79. The van der Waals surface area contributed by atoms with Crippen LogP contribution in [0.15, 0.2) is 28.8 Å². The molecule has 0 spiro atoms. The number of nitrogen functional groups attached to an aromatic ring is 1. The van der Waals surface area contributed by atoms with E-state index in [-0.39, 0.29) is 5.41 Å². The van der Waals surface area contributed by atoms with E-state index in [2.05, 4.69) is 64.0 Å². The largest absolute Gasteiger partial charge is 0.380 e. The Morgan fingerprint density at radius 3 is 2.35 bits per heavy atom. The summed E-state index contributed by atoms with van der Waals surface area (Å²) in [5.74, 6) is 1.85. The lowest BCUT2D eigenvalue weighted by Gasteiger charge is -2.26. The first kappa shape index (κ1) is 14.6. The Labute approximate surface area is 121 Å². The van der Waals surface area contributed by atoms with Gasteiger partial charge in [0.25, 0.3) is 0 Å². The molecule has 2 rings (SSSR count). The molecule has 20 heavy (non-hydrogen) atoms. The van der Waals surface area contributed by atoms with Crippen LogP contribution in [0.1, 0.15) is 39.0 Å². The summed E-state index contributed by atoms with van der Waals surface area (Å²) >= 11 is 0. The van der Waals surface area contributed by atoms with Crippen LogP contribution in [0.4, 0.5) is 5.82 Å². The van der Waals surface area contributed by atoms with Gasteiger partial charge in [-0.15, -0.1) is 0 Å². The normalized spacial score (nSPS) is 13.4. The summed E-state index contributed by atoms with van der Waals surface area (Å²) < 4.78 is 5.47. The van der Waals surface area contributed by atoms with Crippen molar-refractivity contribution in [2.24, 2.45) is 11.3 Å². The highest BCUT2D eigenvalue weighted by Gasteiger charge is 2.25. The lowest BCUT2D eigenvalue weighted by Crippen LogP contribution is -2.19. The summed E-state index contributed by atoms with van der Waals surface area (Å²) in [7, 11) is 0. The van der Waals surface area contributed by atoms with Gasteiger partial charge in [0.1, 0.15) is 5.76 Å². The van der Waals surface area contributed by atoms with Crippen molar-refractivity contribution < 1.29 is 4.52 Å². The molecule has 0 saturated carbocycles. The molecule has 0 fully saturated rings. The molecule has 2 N–H and O–H groups in total. The van der Waals surface area contributed by atoms with Gasteiger partial charge in [-0.1, -0.05) is 62.7 Å². The van der Waals surface area contributed by atoms with Gasteiger partial charge in [-0.05, 0) is 23.8 Å². The van der Waals surface area contributed by atoms with E-state index in [0.29, 0.717) is 11.7 Å². The van der Waals surface area contributed by atoms with Crippen molar-refractivity contribution in [3.63, 3.8) is 0 Å². The first-order chi connectivity index (χ1) is 9.29. The Morgan fingerprint density at radius 1 is 1.20 bits per heavy atom. The first-order valence-corrected chi connectivity index (χ1v) is 7.10. The molecule has 3 nitrogen and oxygen atoms in total. The molecule has 0 bridgehead atoms. The summed E-state index contributed by atoms with van der Waals surface area (Å²) in [6, 6.07) is 8.31. The maximum atomic E-state index is 5.99. The molecule has 0 radical (unpaired) electrons. The molecule has 0 aliphatic carbocycles. The fourth-order valence-electron chi connectivity index (χ4n) is 2.09. The molecule has 1 atom stereocenters. The number of rotatable bonds is 3. The Kier molecular flexibility index (Phi) is 3.89. The highest BCUT2D eigenvalue weighted by Crippen LogP contribution is 2.35. The van der Waals surface area contributed by atoms with Crippen LogP contribution in [0.25, 0.3) is 11.1 Å². The van der Waals surface area contributed by atoms with Gasteiger partial charge in [0.2, 0.25) is 0 Å². The number of nitrogens with two attached hydrogens (primary N) is 1. The van der Waals surface area contributed by atoms with E-state index in [1.165, 1.54) is 5.56 Å². The predicted molar refractivity (Wildman–Crippen MR) is 83.4 cm³/mol. The Balaban J connectivity index is 2.35. The maximum absolute atomic E-state index is 5.99. The third-order valence-corrected chi connectivity index (χ3v) is 4.10. The molecule has 1 aromatic carbocycles. The van der Waals surface area contributed by atoms with Gasteiger partial charge < -0.3 is 10.3 Å². The molecule has 0 saturated heterocycles. The molecular formula is C17H24N2O. The number of aromatic nitrogens is 1. The zero-order valence-corrected chi connectivity index (χ0v) is 13.0. The molecule has 108 valence electrons. The van der Waals surface area contributed by atoms with Crippen LogP contribution in [0.5, 0.6) is 0 Å². The van der Waals surface area contributed by atoms with Crippen molar-refractivity contribution in [3.05, 3.63) is 35.6 Å². The summed E-state index contributed by atoms with van der Waals surface area (Å²) in [6.07, 6.45) is 0.844. The number of benzene rings is 1. The van der Waals surface area contributed by atoms with Crippen LogP contribution in [-0.4, -0.2) is 5.16 Å². The van der Waals surface area contributed by atoms with Crippen LogP contribution in [0.3, 0.4) is 0 Å². The van der Waals surface area contributed by atoms with E-state index >= 15 is 0 Å². The average Bonchev–Trinajstić information content (AvgIpc) is 2.71. The number of anilines is 1. The standard InChI is InChI=1S/C17H24N2O/c1-11-6-8-13(9-7-11)15-14(20-19-16(15)18)10-12(2)17(3,4)5/h6-9,12H,10H2,1-5H3,(H2,18,19). The minimum Gasteiger partial charge on any atom is -0.380 e. The molecular weight excluding hydrogens is 248 g/mol. The number of aryl methyl sites for hydroxylation is 1. The van der Waals surface area contributed by atoms with E-state index in [1.807, 2.05) is 0 Å². The van der Waals surface area contributed by atoms with Crippen molar-refractivity contribution in [2.45, 2.75) is 41.0 Å². The molecule has 3 heteroatoms. The van der Waals surface area contributed by atoms with Crippen LogP contribution in [0.2, 0.25) is 0 Å². The number of hydrogen-bond donors (Lipinski definition) is 1. The molecule has 0 amide bonds. The van der Waals surface area contributed by atoms with Gasteiger partial charge in [-0.3, -0.25) is 0 Å². The molecule has 1 heterocycles. The number of hydrogen-bond acceptors (Lipinski definition) is 3. The van der Waals surface area contributed by atoms with Crippen LogP contribution < -0.4 is 5.73 Å². The summed E-state index contributed by atoms with van der Waals surface area (Å²) in [6.45, 7) is 11.0. The first-order valence-electron chi connectivity index (χ1n) is 7.10. The Morgan fingerprint density at radius 2 is 1.80 bits per heavy atom. The van der Waals surface area contributed by atoms with Gasteiger partial charge in [0.05, 0.1) is 5.56 Å². The maximum Gasteiger partial charge on any atom is 0.175 e. The minimum absolute atomic E-state index is 0.228. The zero-order chi connectivity index (χ0) is 14.9. The fraction of sp³-hybridized carbons (Fsp3) is 0.471. The molecule has 2 aromatic rings. The smallest absolute Gasteiger partial charge is 0.175 e. The van der Waals surface area contributed by atoms with Gasteiger partial charge in [-0.25, -0.2) is 0 Å². The summed E-state index contributed by atoms with van der Waals surface area (Å²) in [5.41, 5.74) is 9.47. The van der Waals surface area contributed by atoms with Crippen molar-refractivity contribution >= 4 is 5.82 Å². The highest BCUT2D eigenvalue weighted by molar-refractivity contribution is 5.75. The third-order valence-electron chi connectivity index (χ3n) is 4.10. The molecule has 1 unspecified atom stereocenters. The highest BCUT2D eigenvalue weighted by atomic mass is 16.5. The molecule has 0 aliphatic heterocycles. The van der Waals surface area contributed by atoms with E-state index in [4.69, 9.17) is 10.3 Å². The van der Waals surface area contributed by atoms with Crippen molar-refractivity contribution in [3.8, 4) is 11.1 Å². The zero-order valence-electron chi connectivity index (χ0n) is 13.0. The van der Waals surface area contributed by atoms with E-state index in [0.717, 1.165) is 23.3 Å². The second-order valence-corrected chi connectivity index (χ2v) is 6.70. The number of nitrogens with zero attached hydrogens (tertiary/aromatic N) is 1. The second kappa shape index (κ2) is 5.31. The van der Waals surface area contributed by atoms with Crippen molar-refractivity contribution in [1.29, 1.82) is 0 Å². The molecule has 1 aromatic heterocycles. The summed E-state index contributed by atoms with van der Waals surface area (Å²) in [4.78, 5) is 0. The SMILES string of the molecule is Cc1ccc(-c2c(N)noc2CC(C)C(C)(C)C)cc1. The van der Waals surface area contributed by atoms with Gasteiger partial charge in [0.15, 0.2) is 5.82 Å². The third kappa shape index (κ3) is 3.03. The van der Waals surface area contributed by atoms with Crippen molar-refractivity contribution in [2.75, 3.05) is 5.73 Å². The van der Waals surface area contributed by atoms with Gasteiger partial charge >= 0.3 is 0 Å². The second-order valence-electron chi connectivity index (χ2n) is 6.70. The van der Waals surface area contributed by atoms with Crippen LogP contribution in [-0.2, 0) is 6.42 Å². The quantitative estimate of drug-likeness (QED) is 0.897. The van der Waals surface area contributed by atoms with E-state index in [1.54, 1.807) is 0 Å². The topological polar surface area (TPSA) is 52.0 Å². The Hall–Kier alpha value is -1.77. The van der Waals surface area contributed by atoms with Crippen LogP contribution in [0, 0.1) is 18.3 Å². The van der Waals surface area contributed by atoms with Crippen molar-refractivity contribution in [1.82, 2.24) is 5.16 Å². The molecule has 0 aliphatic rings. The Bertz CT molecular complexity index is 576. The average molecular weight is 272 g/mol. The van der Waals surface area contributed by atoms with E-state index in [9.17, 15) is 0 Å². The lowest BCUT2D eigenvalue weighted by molar-refractivity contribution is 0.240. The summed E-state index contributed by atoms with van der Waals surface area (Å²) in [5, 5.41) is 3.95. The van der Waals surface area contributed by atoms with Crippen LogP contribution >= 0.6 is 0 Å². The van der Waals surface area contributed by atoms with Gasteiger partial charge in [0, 0.05) is 6.42 Å². The fourth-order valence-corrected chi connectivity index (χ4v) is 2.09. The van der Waals surface area contributed by atoms with E-state index < -0.39 is 0 Å². The minimum atomic E-state index is 0.228. The van der Waals surface area contributed by atoms with Gasteiger partial charge in [-0.2, -0.15) is 0 Å².